The molecule has 18 aromatic carbocycles. The average molecular weight is 1800 g/mol. The molecule has 0 spiro atoms. The number of ether oxygens (including phenoxy) is 1. The monoisotopic (exact) mass is 1790 g/mol. The van der Waals surface area contributed by atoms with Crippen LogP contribution < -0.4 is 9.30 Å². The Hall–Kier alpha value is -19.6. The van der Waals surface area contributed by atoms with Crippen LogP contribution in [0.25, 0.3) is 244 Å². The number of nitrogens with zero attached hydrogens (tertiary/aromatic N) is 16. The van der Waals surface area contributed by atoms with Crippen molar-refractivity contribution < 1.29 is 9.30 Å². The zero-order valence-corrected chi connectivity index (χ0v) is 74.9. The fourth-order valence-corrected chi connectivity index (χ4v) is 21.5. The molecule has 1 aliphatic heterocycles. The quantitative estimate of drug-likeness (QED) is 0.0637. The lowest BCUT2D eigenvalue weighted by molar-refractivity contribution is -0.688. The summed E-state index contributed by atoms with van der Waals surface area (Å²) in [5.74, 6) is 0.502. The van der Waals surface area contributed by atoms with Gasteiger partial charge in [-0.1, -0.05) is 250 Å². The number of para-hydroxylation sites is 6. The molecule has 0 radical (unpaired) electrons. The first kappa shape index (κ1) is 81.4. The van der Waals surface area contributed by atoms with Crippen LogP contribution in [0.15, 0.2) is 389 Å². The van der Waals surface area contributed by atoms with Crippen LogP contribution in [-0.4, -0.2) is 48.6 Å². The maximum atomic E-state index is 9.31. The Morgan fingerprint density at radius 2 is 0.741 bits per heavy atom. The Morgan fingerprint density at radius 1 is 0.324 bits per heavy atom. The minimum atomic E-state index is -0.251. The van der Waals surface area contributed by atoms with Crippen molar-refractivity contribution in [3.63, 3.8) is 0 Å². The van der Waals surface area contributed by atoms with E-state index in [-0.39, 0.29) is 61.8 Å². The molecule has 0 unspecified atom stereocenters. The average Bonchev–Trinajstić information content (AvgIpc) is 0.917. The molecule has 0 fully saturated rings. The summed E-state index contributed by atoms with van der Waals surface area (Å²) in [4.78, 5) is 36.8. The van der Waals surface area contributed by atoms with Gasteiger partial charge in [-0.3, -0.25) is 4.98 Å². The number of aromatic nitrogens is 11. The zero-order chi connectivity index (χ0) is 93.0. The van der Waals surface area contributed by atoms with Crippen molar-refractivity contribution >= 4 is 196 Å². The summed E-state index contributed by atoms with van der Waals surface area (Å²) in [7, 11) is 0. The Labute approximate surface area is 797 Å². The molecular weight excluding hydrogens is 1730 g/mol. The molecule has 9 aromatic heterocycles. The molecular formula is C121H69N16OS+. The highest BCUT2D eigenvalue weighted by molar-refractivity contribution is 7.26. The van der Waals surface area contributed by atoms with Gasteiger partial charge >= 0.3 is 0 Å². The van der Waals surface area contributed by atoms with Crippen LogP contribution in [0.3, 0.4) is 0 Å². The van der Waals surface area contributed by atoms with Gasteiger partial charge in [0.2, 0.25) is 11.0 Å². The Morgan fingerprint density at radius 3 is 1.29 bits per heavy atom. The molecule has 0 saturated heterocycles. The van der Waals surface area contributed by atoms with Crippen LogP contribution in [0.5, 0.6) is 5.75 Å². The fraction of sp³-hybridized carbons (Fsp3) is 0.0165. The summed E-state index contributed by atoms with van der Waals surface area (Å²) in [5.41, 5.74) is 22.2. The summed E-state index contributed by atoms with van der Waals surface area (Å²) in [6, 6.07) is 142. The Balaban J connectivity index is 0.000000107. The van der Waals surface area contributed by atoms with E-state index >= 15 is 0 Å². The van der Waals surface area contributed by atoms with E-state index in [1.54, 1.807) is 13.0 Å². The molecule has 0 N–H and O–H groups in total. The molecule has 0 saturated carbocycles. The highest BCUT2D eigenvalue weighted by atomic mass is 32.1. The van der Waals surface area contributed by atoms with E-state index in [1.807, 2.05) is 54.1 Å². The van der Waals surface area contributed by atoms with Gasteiger partial charge in [-0.05, 0) is 217 Å². The maximum Gasteiger partial charge on any atom is 0.294 e. The van der Waals surface area contributed by atoms with Crippen LogP contribution in [0.4, 0.5) is 11.6 Å². The lowest BCUT2D eigenvalue weighted by Crippen LogP contribution is -2.31. The first-order valence-electron chi connectivity index (χ1n) is 45.3. The number of fused-ring (bicyclic) bond motifs is 22. The number of hydrogen-bond donors (Lipinski definition) is 0. The van der Waals surface area contributed by atoms with Gasteiger partial charge in [0, 0.05) is 82.7 Å². The minimum Gasteiger partial charge on any atom is -0.429 e. The number of nitriles is 3. The second-order valence-electron chi connectivity index (χ2n) is 34.3. The second kappa shape index (κ2) is 33.3. The normalized spacial score (nSPS) is 11.6. The summed E-state index contributed by atoms with van der Waals surface area (Å²) in [5, 5.41) is 49.2. The molecule has 644 valence electrons. The molecule has 27 aromatic rings. The molecule has 10 heterocycles. The molecule has 0 aliphatic carbocycles. The van der Waals surface area contributed by atoms with Crippen LogP contribution in [0.1, 0.15) is 22.8 Å². The summed E-state index contributed by atoms with van der Waals surface area (Å²) in [6.07, 6.45) is 4.00. The SMILES string of the molecule is [C-]#[N+]c1nc2c3nc(C#N)c(C)nc3c3nc(C#N)c(C#N)nc3c2nc1[N+]#[C-].c1cc2c3c(c1)ccc[n+]3CO2.c1ccc(-n2c3ccccc3c3cc(-c4ccc5c(c4)c4ccccc4n5-c4ccc5c(c4)c4ccccc4n5-c4ccccc4)ccc32)cc1.c1ccc2cc(-c3c4ccccc4c(-c4ccc5ccccc5c4)c4cc(-c5nccc6c5sc5ccccc56)ccc34)ccc2c1. The largest absolute Gasteiger partial charge is 0.429 e. The van der Waals surface area contributed by atoms with Crippen LogP contribution in [-0.2, 0) is 6.73 Å². The summed E-state index contributed by atoms with van der Waals surface area (Å²) >= 11 is 1.83. The fourth-order valence-electron chi connectivity index (χ4n) is 20.3. The van der Waals surface area contributed by atoms with Crippen molar-refractivity contribution in [2.45, 2.75) is 13.7 Å². The molecule has 0 amide bonds. The number of pyridine rings is 2. The lowest BCUT2D eigenvalue weighted by Gasteiger charge is -2.19. The van der Waals surface area contributed by atoms with Crippen LogP contribution in [0.2, 0.25) is 0 Å². The molecule has 139 heavy (non-hydrogen) atoms. The molecule has 18 heteroatoms. The van der Waals surface area contributed by atoms with Crippen molar-refractivity contribution in [2.75, 3.05) is 0 Å². The van der Waals surface area contributed by atoms with E-state index in [4.69, 9.17) is 22.9 Å². The van der Waals surface area contributed by atoms with Crippen molar-refractivity contribution in [1.29, 1.82) is 15.8 Å². The van der Waals surface area contributed by atoms with E-state index in [2.05, 4.69) is 416 Å². The first-order valence-corrected chi connectivity index (χ1v) is 46.1. The van der Waals surface area contributed by atoms with Crippen LogP contribution >= 0.6 is 11.3 Å². The smallest absolute Gasteiger partial charge is 0.294 e. The van der Waals surface area contributed by atoms with Crippen LogP contribution in [0, 0.1) is 54.1 Å². The van der Waals surface area contributed by atoms with Gasteiger partial charge in [0.25, 0.3) is 23.9 Å². The van der Waals surface area contributed by atoms with Gasteiger partial charge < -0.3 is 28.1 Å². The standard InChI is InChI=1S/C48H31N3.C45H27NS.C18H3N11.C10H8NO/c1-3-13-34(14-4-1)49-43-20-10-7-17-37(43)40-29-32(23-26-46(40)49)33-24-27-47-41(30-33)38-18-8-12-22-45(38)51(47)36-25-28-48-42(31-36)39-19-9-11-21-44(39)50(48)35-15-5-2-6-16-35;1-3-11-30-25-32(19-17-28(30)9-1)42-36-14-5-6-15-37(36)43(33-20-18-29-10-2-4-12-31(29)26-33)40-27-34(21-22-38(40)42)44-45-39(23-24-46-44)35-13-7-8-16-41(35)47-45;1-7-8(4-19)25-13-11(24-7)12-14(27-10(6-21)9(5-20)26-12)16-15(13)28-17(22-2)18(23-3)29-16;1-3-8-4-2-6-11-7-12-9(5-1)10(8)11/h1-31H;1-27H;1H3;1-6H,7H2/q;;;+1. The number of hydrogen-bond acceptors (Lipinski definition) is 12. The topological polar surface area (TPSA) is 198 Å². The third kappa shape index (κ3) is 13.5. The van der Waals surface area contributed by atoms with Crippen molar-refractivity contribution in [2.24, 2.45) is 0 Å². The predicted molar refractivity (Wildman–Crippen MR) is 560 cm³/mol. The predicted octanol–water partition coefficient (Wildman–Crippen LogP) is 29.7. The molecule has 0 atom stereocenters. The minimum absolute atomic E-state index is 0.0423. The van der Waals surface area contributed by atoms with Crippen molar-refractivity contribution in [1.82, 2.24) is 48.6 Å². The zero-order valence-electron chi connectivity index (χ0n) is 74.1. The maximum absolute atomic E-state index is 9.31. The van der Waals surface area contributed by atoms with E-state index in [1.165, 1.54) is 184 Å². The van der Waals surface area contributed by atoms with Crippen molar-refractivity contribution in [3.05, 3.63) is 434 Å². The van der Waals surface area contributed by atoms with E-state index in [0.717, 1.165) is 22.7 Å². The number of thiophene rings is 1. The van der Waals surface area contributed by atoms with Gasteiger partial charge in [0.15, 0.2) is 29.0 Å². The Kier molecular flexibility index (Phi) is 19.5. The van der Waals surface area contributed by atoms with Gasteiger partial charge in [-0.2, -0.15) is 20.4 Å². The van der Waals surface area contributed by atoms with Gasteiger partial charge in [0.1, 0.15) is 40.3 Å². The summed E-state index contributed by atoms with van der Waals surface area (Å²) < 4.78 is 17.3. The highest BCUT2D eigenvalue weighted by Crippen LogP contribution is 2.49. The van der Waals surface area contributed by atoms with Gasteiger partial charge in [0.05, 0.1) is 54.6 Å². The number of benzene rings is 18. The molecule has 1 aliphatic rings. The number of rotatable bonds is 7. The Bertz CT molecular complexity index is 10100. The molecule has 17 nitrogen and oxygen atoms in total. The van der Waals surface area contributed by atoms with E-state index in [0.29, 0.717) is 12.4 Å². The summed E-state index contributed by atoms with van der Waals surface area (Å²) in [6.45, 7) is 16.7. The van der Waals surface area contributed by atoms with Gasteiger partial charge in [-0.25, -0.2) is 19.9 Å². The third-order valence-electron chi connectivity index (χ3n) is 26.5. The second-order valence-corrected chi connectivity index (χ2v) is 35.3. The first-order chi connectivity index (χ1) is 68.6. The lowest BCUT2D eigenvalue weighted by atomic mass is 9.84. The van der Waals surface area contributed by atoms with Gasteiger partial charge in [-0.15, -0.1) is 21.3 Å². The highest BCUT2D eigenvalue weighted by Gasteiger charge is 2.29. The molecule has 28 rings (SSSR count). The van der Waals surface area contributed by atoms with Crippen molar-refractivity contribution in [3.8, 4) is 85.7 Å². The van der Waals surface area contributed by atoms with E-state index in [9.17, 15) is 15.8 Å². The number of aryl methyl sites for hydroxylation is 1. The van der Waals surface area contributed by atoms with E-state index < -0.39 is 0 Å². The third-order valence-corrected chi connectivity index (χ3v) is 27.7. The molecule has 0 bridgehead atoms.